The molecule has 4 aliphatic rings. The van der Waals surface area contributed by atoms with Gasteiger partial charge in [-0.05, 0) is 53.7 Å². The summed E-state index contributed by atoms with van der Waals surface area (Å²) in [5.41, 5.74) is -0.0597. The van der Waals surface area contributed by atoms with E-state index < -0.39 is 89.7 Å². The summed E-state index contributed by atoms with van der Waals surface area (Å²) in [6.07, 6.45) is -9.49. The highest BCUT2D eigenvalue weighted by molar-refractivity contribution is 5.89. The van der Waals surface area contributed by atoms with Crippen LogP contribution in [0.3, 0.4) is 0 Å². The van der Waals surface area contributed by atoms with E-state index in [2.05, 4.69) is 0 Å². The van der Waals surface area contributed by atoms with Crippen LogP contribution in [0.25, 0.3) is 0 Å². The van der Waals surface area contributed by atoms with Crippen molar-refractivity contribution >= 4 is 11.7 Å². The Balaban J connectivity index is 1.39. The molecular weight excluding hydrogens is 614 g/mol. The Morgan fingerprint density at radius 2 is 1.54 bits per heavy atom. The summed E-state index contributed by atoms with van der Waals surface area (Å²) in [7, 11) is 2.95. The predicted molar refractivity (Wildman–Crippen MR) is 153 cm³/mol. The number of esters is 1. The van der Waals surface area contributed by atoms with Gasteiger partial charge in [0.2, 0.25) is 0 Å². The van der Waals surface area contributed by atoms with Crippen LogP contribution in [-0.4, -0.2) is 122 Å². The lowest BCUT2D eigenvalue weighted by Gasteiger charge is -2.42. The molecule has 4 saturated heterocycles. The number of aliphatic hydroxyl groups excluding tert-OH is 1. The molecule has 0 radical (unpaired) electrons. The second-order valence-electron chi connectivity index (χ2n) is 12.9. The SMILES string of the molecule is COC(OC)[C@@H]1OC(C)(C)O[C@H]1[C@H](O[C@@H]1O[C@H](COC(=O)c2ccc([N+](=O)[O-])cc2)[C@@H]2OC(C)(C)O[C@@H]2[C@H]1O)[C@H]1COC(C)(C)O1. The molecule has 46 heavy (non-hydrogen) atoms. The molecule has 1 aromatic rings. The number of rotatable bonds is 11. The van der Waals surface area contributed by atoms with E-state index in [1.807, 2.05) is 0 Å². The molecule has 16 heteroatoms. The topological polar surface area (TPSA) is 182 Å². The molecule has 1 N–H and O–H groups in total. The van der Waals surface area contributed by atoms with E-state index in [0.717, 1.165) is 0 Å². The molecular formula is C30H43NO15. The highest BCUT2D eigenvalue weighted by atomic mass is 16.8. The Kier molecular flexibility index (Phi) is 10.1. The minimum Gasteiger partial charge on any atom is -0.459 e. The molecule has 0 unspecified atom stereocenters. The number of hydrogen-bond acceptors (Lipinski definition) is 15. The quantitative estimate of drug-likeness (QED) is 0.158. The van der Waals surface area contributed by atoms with Crippen LogP contribution in [0.4, 0.5) is 5.69 Å². The highest BCUT2D eigenvalue weighted by Gasteiger charge is 2.59. The van der Waals surface area contributed by atoms with Crippen LogP contribution in [0.15, 0.2) is 24.3 Å². The second-order valence-corrected chi connectivity index (χ2v) is 12.9. The largest absolute Gasteiger partial charge is 0.459 e. The molecule has 0 aromatic heterocycles. The van der Waals surface area contributed by atoms with Crippen LogP contribution >= 0.6 is 0 Å². The van der Waals surface area contributed by atoms with Crippen molar-refractivity contribution in [2.24, 2.45) is 0 Å². The van der Waals surface area contributed by atoms with Crippen LogP contribution in [0, 0.1) is 10.1 Å². The summed E-state index contributed by atoms with van der Waals surface area (Å²) >= 11 is 0. The minimum absolute atomic E-state index is 0.105. The molecule has 0 spiro atoms. The van der Waals surface area contributed by atoms with Crippen molar-refractivity contribution in [3.8, 4) is 0 Å². The number of benzene rings is 1. The summed E-state index contributed by atoms with van der Waals surface area (Å²) in [5.74, 6) is -3.82. The first kappa shape index (κ1) is 35.0. The fourth-order valence-corrected chi connectivity index (χ4v) is 6.12. The van der Waals surface area contributed by atoms with Crippen molar-refractivity contribution in [1.82, 2.24) is 0 Å². The fraction of sp³-hybridized carbons (Fsp3) is 0.767. The van der Waals surface area contributed by atoms with Gasteiger partial charge in [0, 0.05) is 26.4 Å². The maximum atomic E-state index is 12.9. The molecule has 258 valence electrons. The van der Waals surface area contributed by atoms with Crippen molar-refractivity contribution in [3.05, 3.63) is 39.9 Å². The van der Waals surface area contributed by atoms with E-state index in [4.69, 9.17) is 52.1 Å². The number of carbonyl (C=O) groups excluding carboxylic acids is 1. The number of nitrogens with zero attached hydrogens (tertiary/aromatic N) is 1. The first-order valence-electron chi connectivity index (χ1n) is 15.0. The van der Waals surface area contributed by atoms with Crippen molar-refractivity contribution in [2.45, 2.75) is 120 Å². The lowest BCUT2D eigenvalue weighted by atomic mass is 9.98. The number of hydrogen-bond donors (Lipinski definition) is 1. The van der Waals surface area contributed by atoms with Gasteiger partial charge in [0.15, 0.2) is 29.9 Å². The standard InChI is InChI=1S/C30H43NO15/c1-28(2)39-14-18(42-28)20(23-24(27(36-7)37-8)46-30(5,6)45-23)41-26-19(32)22-21(43-29(3,4)44-22)17(40-26)13-38-25(33)15-9-11-16(12-10-15)31(34)35/h9-12,17-24,26-27,32H,13-14H2,1-8H3/t17-,18-,19-,20-,21+,22-,23+,24-,26+/m1/s1. The van der Waals surface area contributed by atoms with Gasteiger partial charge in [-0.2, -0.15) is 0 Å². The fourth-order valence-electron chi connectivity index (χ4n) is 6.12. The molecule has 0 bridgehead atoms. The molecule has 4 heterocycles. The normalized spacial score (nSPS) is 35.2. The van der Waals surface area contributed by atoms with E-state index in [-0.39, 0.29) is 24.5 Å². The third kappa shape index (κ3) is 7.52. The number of non-ortho nitro benzene ring substituents is 1. The number of fused-ring (bicyclic) bond motifs is 1. The molecule has 0 saturated carbocycles. The monoisotopic (exact) mass is 657 g/mol. The van der Waals surface area contributed by atoms with Gasteiger partial charge >= 0.3 is 5.97 Å². The lowest BCUT2D eigenvalue weighted by molar-refractivity contribution is -0.384. The summed E-state index contributed by atoms with van der Waals surface area (Å²) in [6, 6.07) is 5.00. The molecule has 16 nitrogen and oxygen atoms in total. The van der Waals surface area contributed by atoms with Gasteiger partial charge in [-0.3, -0.25) is 10.1 Å². The first-order valence-corrected chi connectivity index (χ1v) is 15.0. The van der Waals surface area contributed by atoms with Gasteiger partial charge in [0.1, 0.15) is 55.4 Å². The second kappa shape index (κ2) is 13.3. The number of nitro groups is 1. The molecule has 9 atom stereocenters. The maximum absolute atomic E-state index is 12.9. The first-order chi connectivity index (χ1) is 21.5. The maximum Gasteiger partial charge on any atom is 0.338 e. The Morgan fingerprint density at radius 1 is 0.935 bits per heavy atom. The van der Waals surface area contributed by atoms with E-state index in [1.165, 1.54) is 38.5 Å². The average molecular weight is 658 g/mol. The van der Waals surface area contributed by atoms with E-state index in [1.54, 1.807) is 41.5 Å². The zero-order chi connectivity index (χ0) is 33.6. The summed E-state index contributed by atoms with van der Waals surface area (Å²) in [5, 5.41) is 22.5. The molecule has 4 fully saturated rings. The molecule has 4 aliphatic heterocycles. The van der Waals surface area contributed by atoms with E-state index in [0.29, 0.717) is 0 Å². The number of methoxy groups -OCH3 is 2. The molecule has 1 aromatic carbocycles. The average Bonchev–Trinajstić information content (AvgIpc) is 3.63. The number of ether oxygens (including phenoxy) is 11. The number of nitro benzene ring substituents is 1. The third-order valence-corrected chi connectivity index (χ3v) is 8.06. The van der Waals surface area contributed by atoms with Gasteiger partial charge < -0.3 is 57.2 Å². The van der Waals surface area contributed by atoms with Crippen molar-refractivity contribution in [3.63, 3.8) is 0 Å². The zero-order valence-corrected chi connectivity index (χ0v) is 27.1. The Morgan fingerprint density at radius 3 is 2.13 bits per heavy atom. The van der Waals surface area contributed by atoms with Gasteiger partial charge in [-0.1, -0.05) is 0 Å². The zero-order valence-electron chi connectivity index (χ0n) is 27.1. The van der Waals surface area contributed by atoms with Crippen molar-refractivity contribution in [2.75, 3.05) is 27.4 Å². The highest BCUT2D eigenvalue weighted by Crippen LogP contribution is 2.42. The van der Waals surface area contributed by atoms with Crippen molar-refractivity contribution in [1.29, 1.82) is 0 Å². The predicted octanol–water partition coefficient (Wildman–Crippen LogP) is 2.03. The Bertz CT molecular complexity index is 1240. The van der Waals surface area contributed by atoms with Gasteiger partial charge in [-0.15, -0.1) is 0 Å². The van der Waals surface area contributed by atoms with Gasteiger partial charge in [0.05, 0.1) is 17.1 Å². The van der Waals surface area contributed by atoms with Crippen LogP contribution < -0.4 is 0 Å². The summed E-state index contributed by atoms with van der Waals surface area (Å²) in [4.78, 5) is 23.3. The van der Waals surface area contributed by atoms with E-state index in [9.17, 15) is 20.0 Å². The molecule has 0 amide bonds. The molecule has 0 aliphatic carbocycles. The third-order valence-electron chi connectivity index (χ3n) is 8.06. The van der Waals surface area contributed by atoms with Gasteiger partial charge in [-0.25, -0.2) is 4.79 Å². The smallest absolute Gasteiger partial charge is 0.338 e. The summed E-state index contributed by atoms with van der Waals surface area (Å²) in [6.45, 7) is 10.2. The minimum atomic E-state index is -1.35. The van der Waals surface area contributed by atoms with Gasteiger partial charge in [0.25, 0.3) is 5.69 Å². The Labute approximate surface area is 266 Å². The summed E-state index contributed by atoms with van der Waals surface area (Å²) < 4.78 is 66.0. The number of carbonyl (C=O) groups is 1. The van der Waals surface area contributed by atoms with Crippen LogP contribution in [-0.2, 0) is 52.1 Å². The van der Waals surface area contributed by atoms with Crippen LogP contribution in [0.2, 0.25) is 0 Å². The van der Waals surface area contributed by atoms with Crippen LogP contribution in [0.1, 0.15) is 51.9 Å². The van der Waals surface area contributed by atoms with Crippen molar-refractivity contribution < 1.29 is 66.9 Å². The lowest BCUT2D eigenvalue weighted by Crippen LogP contribution is -2.61. The van der Waals surface area contributed by atoms with Crippen LogP contribution in [0.5, 0.6) is 0 Å². The number of aliphatic hydroxyl groups is 1. The Hall–Kier alpha value is -2.35. The molecule has 5 rings (SSSR count). The van der Waals surface area contributed by atoms with E-state index >= 15 is 0 Å².